The largest absolute Gasteiger partial charge is 0.496 e. The van der Waals surface area contributed by atoms with Gasteiger partial charge in [0.2, 0.25) is 0 Å². The van der Waals surface area contributed by atoms with Gasteiger partial charge in [-0.3, -0.25) is 9.59 Å². The predicted octanol–water partition coefficient (Wildman–Crippen LogP) is 4.16. The Bertz CT molecular complexity index is 1180. The van der Waals surface area contributed by atoms with Crippen molar-refractivity contribution in [2.24, 2.45) is 5.92 Å². The van der Waals surface area contributed by atoms with Crippen molar-refractivity contribution in [3.05, 3.63) is 60.0 Å². The van der Waals surface area contributed by atoms with Gasteiger partial charge in [-0.2, -0.15) is 5.10 Å². The molecule has 0 spiro atoms. The summed E-state index contributed by atoms with van der Waals surface area (Å²) in [6.07, 6.45) is 2.67. The van der Waals surface area contributed by atoms with E-state index in [0.29, 0.717) is 54.1 Å². The number of rotatable bonds is 7. The number of amides is 1. The summed E-state index contributed by atoms with van der Waals surface area (Å²) in [5.74, 6) is 0.0421. The number of aromatic nitrogens is 2. The molecule has 0 radical (unpaired) electrons. The summed E-state index contributed by atoms with van der Waals surface area (Å²) >= 11 is 0. The van der Waals surface area contributed by atoms with Crippen molar-refractivity contribution in [2.45, 2.75) is 31.7 Å². The van der Waals surface area contributed by atoms with E-state index < -0.39 is 0 Å². The van der Waals surface area contributed by atoms with Crippen LogP contribution in [-0.4, -0.2) is 49.0 Å². The zero-order valence-electron chi connectivity index (χ0n) is 19.9. The fourth-order valence-corrected chi connectivity index (χ4v) is 4.45. The maximum atomic E-state index is 13.6. The Labute approximate surface area is 203 Å². The molecule has 1 amide bonds. The number of methoxy groups -OCH3 is 3. The lowest BCUT2D eigenvalue weighted by Gasteiger charge is -2.27. The molecule has 0 saturated heterocycles. The topological polar surface area (TPSA) is 91.7 Å². The van der Waals surface area contributed by atoms with Gasteiger partial charge in [-0.1, -0.05) is 6.07 Å². The average Bonchev–Trinajstić information content (AvgIpc) is 3.33. The molecule has 184 valence electrons. The zero-order valence-corrected chi connectivity index (χ0v) is 19.9. The summed E-state index contributed by atoms with van der Waals surface area (Å²) in [5, 5.41) is 7.59. The lowest BCUT2D eigenvalue weighted by Crippen LogP contribution is -2.39. The Morgan fingerprint density at radius 1 is 0.971 bits per heavy atom. The summed E-state index contributed by atoms with van der Waals surface area (Å²) in [6.45, 7) is 0. The number of carbonyl (C=O) groups is 2. The quantitative estimate of drug-likeness (QED) is 0.510. The van der Waals surface area contributed by atoms with Crippen molar-refractivity contribution in [1.29, 1.82) is 0 Å². The number of halogens is 1. The van der Waals surface area contributed by atoms with Crippen molar-refractivity contribution >= 4 is 11.9 Å². The molecule has 1 aliphatic rings. The Morgan fingerprint density at radius 3 is 2.17 bits per heavy atom. The molecular weight excluding hydrogens is 453 g/mol. The lowest BCUT2D eigenvalue weighted by molar-refractivity contribution is -0.146. The number of benzene rings is 2. The van der Waals surface area contributed by atoms with Crippen LogP contribution in [0.25, 0.3) is 16.9 Å². The van der Waals surface area contributed by atoms with Crippen molar-refractivity contribution in [2.75, 3.05) is 21.3 Å². The Kier molecular flexibility index (Phi) is 7.33. The Morgan fingerprint density at radius 2 is 1.60 bits per heavy atom. The second kappa shape index (κ2) is 10.6. The smallest absolute Gasteiger partial charge is 0.308 e. The normalized spacial score (nSPS) is 17.5. The van der Waals surface area contributed by atoms with Crippen molar-refractivity contribution < 1.29 is 28.2 Å². The van der Waals surface area contributed by atoms with E-state index in [4.69, 9.17) is 14.2 Å². The third kappa shape index (κ3) is 5.13. The van der Waals surface area contributed by atoms with Gasteiger partial charge in [-0.25, -0.2) is 9.07 Å². The van der Waals surface area contributed by atoms with E-state index >= 15 is 0 Å². The first-order valence-corrected chi connectivity index (χ1v) is 11.4. The molecule has 1 aromatic heterocycles. The van der Waals surface area contributed by atoms with Crippen LogP contribution >= 0.6 is 0 Å². The molecule has 35 heavy (non-hydrogen) atoms. The second-order valence-corrected chi connectivity index (χ2v) is 8.39. The highest BCUT2D eigenvalue weighted by Crippen LogP contribution is 2.39. The van der Waals surface area contributed by atoms with Crippen LogP contribution < -0.4 is 14.8 Å². The van der Waals surface area contributed by atoms with Gasteiger partial charge >= 0.3 is 5.97 Å². The van der Waals surface area contributed by atoms with E-state index in [1.54, 1.807) is 55.3 Å². The Balaban J connectivity index is 1.67. The summed E-state index contributed by atoms with van der Waals surface area (Å²) in [5.41, 5.74) is 1.96. The fraction of sp³-hybridized carbons (Fsp3) is 0.346. The van der Waals surface area contributed by atoms with Crippen LogP contribution in [-0.2, 0) is 9.53 Å². The van der Waals surface area contributed by atoms with Crippen molar-refractivity contribution in [3.8, 4) is 28.4 Å². The highest BCUT2D eigenvalue weighted by Gasteiger charge is 2.29. The van der Waals surface area contributed by atoms with Gasteiger partial charge < -0.3 is 19.5 Å². The monoisotopic (exact) mass is 481 g/mol. The minimum Gasteiger partial charge on any atom is -0.496 e. The van der Waals surface area contributed by atoms with Gasteiger partial charge in [-0.05, 0) is 68.1 Å². The van der Waals surface area contributed by atoms with E-state index in [1.165, 1.54) is 19.2 Å². The molecule has 8 nitrogen and oxygen atoms in total. The maximum Gasteiger partial charge on any atom is 0.308 e. The third-order valence-corrected chi connectivity index (χ3v) is 6.29. The molecule has 0 aliphatic heterocycles. The number of ether oxygens (including phenoxy) is 3. The van der Waals surface area contributed by atoms with Gasteiger partial charge in [0.15, 0.2) is 5.69 Å². The first-order valence-electron chi connectivity index (χ1n) is 11.4. The molecule has 0 unspecified atom stereocenters. The first-order chi connectivity index (χ1) is 16.9. The van der Waals surface area contributed by atoms with E-state index in [2.05, 4.69) is 10.4 Å². The molecule has 4 rings (SSSR count). The molecule has 1 heterocycles. The summed E-state index contributed by atoms with van der Waals surface area (Å²) < 4.78 is 31.1. The SMILES string of the molecule is COC(=O)C1CCC(NC(=O)c2cc(-c3c(OC)cccc3OC)n(-c3ccc(F)cc3)n2)CC1. The van der Waals surface area contributed by atoms with Crippen LogP contribution in [0.4, 0.5) is 4.39 Å². The zero-order chi connectivity index (χ0) is 24.9. The molecule has 1 N–H and O–H groups in total. The minimum atomic E-state index is -0.377. The van der Waals surface area contributed by atoms with Crippen LogP contribution in [0.15, 0.2) is 48.5 Å². The molecule has 9 heteroatoms. The molecule has 1 saturated carbocycles. The average molecular weight is 482 g/mol. The number of hydrogen-bond acceptors (Lipinski definition) is 6. The summed E-state index contributed by atoms with van der Waals surface area (Å²) in [7, 11) is 4.49. The Hall–Kier alpha value is -3.88. The first kappa shape index (κ1) is 24.3. The van der Waals surface area contributed by atoms with Gasteiger partial charge in [0.05, 0.1) is 44.2 Å². The predicted molar refractivity (Wildman–Crippen MR) is 127 cm³/mol. The van der Waals surface area contributed by atoms with Crippen LogP contribution in [0.3, 0.4) is 0 Å². The molecular formula is C26H28FN3O5. The molecule has 1 aliphatic carbocycles. The van der Waals surface area contributed by atoms with Crippen LogP contribution in [0.5, 0.6) is 11.5 Å². The number of hydrogen-bond donors (Lipinski definition) is 1. The fourth-order valence-electron chi connectivity index (χ4n) is 4.45. The highest BCUT2D eigenvalue weighted by atomic mass is 19.1. The van der Waals surface area contributed by atoms with E-state index in [1.807, 2.05) is 0 Å². The number of nitrogens with one attached hydrogen (secondary N) is 1. The standard InChI is InChI=1S/C26H28FN3O5/c1-33-22-5-4-6-23(34-2)24(22)21-15-20(29-30(21)19-13-9-17(27)10-14-19)25(31)28-18-11-7-16(8-12-18)26(32)35-3/h4-6,9-10,13-16,18H,7-8,11-12H2,1-3H3,(H,28,31). The van der Waals surface area contributed by atoms with E-state index in [0.717, 1.165) is 0 Å². The third-order valence-electron chi connectivity index (χ3n) is 6.29. The number of esters is 1. The lowest BCUT2D eigenvalue weighted by atomic mass is 9.86. The molecule has 0 atom stereocenters. The van der Waals surface area contributed by atoms with Crippen molar-refractivity contribution in [3.63, 3.8) is 0 Å². The minimum absolute atomic E-state index is 0.0661. The molecule has 3 aromatic rings. The number of carbonyl (C=O) groups excluding carboxylic acids is 2. The summed E-state index contributed by atoms with van der Waals surface area (Å²) in [4.78, 5) is 25.0. The molecule has 0 bridgehead atoms. The van der Waals surface area contributed by atoms with Gasteiger partial charge in [0.1, 0.15) is 17.3 Å². The van der Waals surface area contributed by atoms with Gasteiger partial charge in [-0.15, -0.1) is 0 Å². The van der Waals surface area contributed by atoms with Gasteiger partial charge in [0, 0.05) is 6.04 Å². The van der Waals surface area contributed by atoms with Gasteiger partial charge in [0.25, 0.3) is 5.91 Å². The molecule has 2 aromatic carbocycles. The maximum absolute atomic E-state index is 13.6. The van der Waals surface area contributed by atoms with E-state index in [9.17, 15) is 14.0 Å². The molecule has 1 fully saturated rings. The summed E-state index contributed by atoms with van der Waals surface area (Å²) in [6, 6.07) is 12.8. The van der Waals surface area contributed by atoms with E-state index in [-0.39, 0.29) is 35.3 Å². The number of nitrogens with zero attached hydrogens (tertiary/aromatic N) is 2. The van der Waals surface area contributed by atoms with Crippen molar-refractivity contribution in [1.82, 2.24) is 15.1 Å². The second-order valence-electron chi connectivity index (χ2n) is 8.39. The van der Waals surface area contributed by atoms with Crippen LogP contribution in [0.1, 0.15) is 36.2 Å². The van der Waals surface area contributed by atoms with Crippen LogP contribution in [0, 0.1) is 11.7 Å². The highest BCUT2D eigenvalue weighted by molar-refractivity contribution is 5.94. The van der Waals surface area contributed by atoms with Crippen LogP contribution in [0.2, 0.25) is 0 Å².